The summed E-state index contributed by atoms with van der Waals surface area (Å²) in [4.78, 5) is 27.0. The smallest absolute Gasteiger partial charge is 0.310 e. The molecule has 2 fully saturated rings. The number of carbonyl (C=O) groups excluding carboxylic acids is 2. The van der Waals surface area contributed by atoms with E-state index in [-0.39, 0.29) is 42.5 Å². The summed E-state index contributed by atoms with van der Waals surface area (Å²) in [5, 5.41) is 0.854. The molecular formula is C22H27NO6S. The van der Waals surface area contributed by atoms with Gasteiger partial charge in [-0.15, -0.1) is 0 Å². The molecule has 2 aliphatic rings. The normalized spacial score (nSPS) is 21.2. The van der Waals surface area contributed by atoms with Crippen LogP contribution in [0.3, 0.4) is 0 Å². The van der Waals surface area contributed by atoms with Crippen molar-refractivity contribution in [3.63, 3.8) is 0 Å². The van der Waals surface area contributed by atoms with E-state index in [1.54, 1.807) is 11.2 Å². The summed E-state index contributed by atoms with van der Waals surface area (Å²) in [6.07, 6.45) is 5.82. The maximum absolute atomic E-state index is 12.9. The number of hydrogen-bond donors (Lipinski definition) is 0. The van der Waals surface area contributed by atoms with Crippen molar-refractivity contribution in [3.05, 3.63) is 35.6 Å². The molecule has 0 spiro atoms. The lowest BCUT2D eigenvalue weighted by Crippen LogP contribution is -2.48. The largest absolute Gasteiger partial charge is 0.464 e. The number of esters is 1. The summed E-state index contributed by atoms with van der Waals surface area (Å²) < 4.78 is 34.6. The van der Waals surface area contributed by atoms with Gasteiger partial charge in [0.15, 0.2) is 16.4 Å². The van der Waals surface area contributed by atoms with Gasteiger partial charge in [0, 0.05) is 23.0 Å². The number of benzene rings is 1. The van der Waals surface area contributed by atoms with Gasteiger partial charge in [-0.05, 0) is 37.8 Å². The number of amides is 1. The van der Waals surface area contributed by atoms with E-state index in [0.29, 0.717) is 12.0 Å². The first-order valence-corrected chi connectivity index (χ1v) is 12.3. The van der Waals surface area contributed by atoms with E-state index in [1.165, 1.54) is 0 Å². The highest BCUT2D eigenvalue weighted by Crippen LogP contribution is 2.29. The zero-order chi connectivity index (χ0) is 21.3. The molecule has 7 nitrogen and oxygen atoms in total. The third-order valence-corrected chi connectivity index (χ3v) is 7.86. The van der Waals surface area contributed by atoms with Crippen molar-refractivity contribution in [2.75, 3.05) is 18.1 Å². The van der Waals surface area contributed by atoms with E-state index in [2.05, 4.69) is 0 Å². The molecule has 30 heavy (non-hydrogen) atoms. The Morgan fingerprint density at radius 3 is 2.63 bits per heavy atom. The van der Waals surface area contributed by atoms with Gasteiger partial charge in [0.1, 0.15) is 5.58 Å². The van der Waals surface area contributed by atoms with Crippen molar-refractivity contribution in [2.45, 2.75) is 57.5 Å². The third-order valence-electron chi connectivity index (χ3n) is 6.11. The number of hydrogen-bond acceptors (Lipinski definition) is 6. The van der Waals surface area contributed by atoms with Crippen LogP contribution in [0.1, 0.15) is 43.2 Å². The second kappa shape index (κ2) is 8.41. The van der Waals surface area contributed by atoms with Gasteiger partial charge in [-0.1, -0.05) is 25.0 Å². The minimum atomic E-state index is -3.11. The molecule has 0 bridgehead atoms. The Balaban J connectivity index is 1.39. The van der Waals surface area contributed by atoms with Crippen LogP contribution in [-0.4, -0.2) is 55.4 Å². The SMILES string of the molecule is Cc1ccc2c(CC(=O)OCC(=O)N(C3CCCC3)C3CCS(=O)(=O)C3)coc2c1. The van der Waals surface area contributed by atoms with E-state index >= 15 is 0 Å². The van der Waals surface area contributed by atoms with Crippen LogP contribution in [0.15, 0.2) is 28.9 Å². The van der Waals surface area contributed by atoms with Crippen molar-refractivity contribution < 1.29 is 27.2 Å². The Morgan fingerprint density at radius 2 is 1.93 bits per heavy atom. The molecule has 2 heterocycles. The molecule has 1 unspecified atom stereocenters. The molecule has 1 saturated heterocycles. The lowest BCUT2D eigenvalue weighted by atomic mass is 10.1. The van der Waals surface area contributed by atoms with E-state index in [9.17, 15) is 18.0 Å². The highest BCUT2D eigenvalue weighted by molar-refractivity contribution is 7.91. The lowest BCUT2D eigenvalue weighted by Gasteiger charge is -2.33. The number of rotatable bonds is 6. The quantitative estimate of drug-likeness (QED) is 0.651. The molecule has 0 radical (unpaired) electrons. The zero-order valence-corrected chi connectivity index (χ0v) is 17.9. The number of nitrogens with zero attached hydrogens (tertiary/aromatic N) is 1. The predicted octanol–water partition coefficient (Wildman–Crippen LogP) is 2.79. The van der Waals surface area contributed by atoms with Gasteiger partial charge in [-0.25, -0.2) is 8.42 Å². The molecular weight excluding hydrogens is 406 g/mol. The first-order chi connectivity index (χ1) is 14.3. The Hall–Kier alpha value is -2.35. The molecule has 1 aliphatic carbocycles. The summed E-state index contributed by atoms with van der Waals surface area (Å²) in [7, 11) is -3.11. The summed E-state index contributed by atoms with van der Waals surface area (Å²) in [5.74, 6) is -0.688. The molecule has 1 atom stereocenters. The number of sulfone groups is 1. The minimum Gasteiger partial charge on any atom is -0.464 e. The summed E-state index contributed by atoms with van der Waals surface area (Å²) in [6, 6.07) is 5.49. The Labute approximate surface area is 176 Å². The first kappa shape index (κ1) is 20.9. The van der Waals surface area contributed by atoms with Crippen LogP contribution in [0.25, 0.3) is 11.0 Å². The van der Waals surface area contributed by atoms with Crippen molar-refractivity contribution in [1.29, 1.82) is 0 Å². The highest BCUT2D eigenvalue weighted by Gasteiger charge is 2.39. The number of fused-ring (bicyclic) bond motifs is 1. The lowest BCUT2D eigenvalue weighted by molar-refractivity contribution is -0.153. The van der Waals surface area contributed by atoms with Gasteiger partial charge in [-0.3, -0.25) is 9.59 Å². The monoisotopic (exact) mass is 433 g/mol. The van der Waals surface area contributed by atoms with Crippen molar-refractivity contribution >= 4 is 32.7 Å². The Bertz CT molecular complexity index is 1050. The Kier molecular flexibility index (Phi) is 5.86. The fourth-order valence-corrected chi connectivity index (χ4v) is 6.34. The number of aryl methyl sites for hydroxylation is 1. The van der Waals surface area contributed by atoms with Crippen LogP contribution in [0, 0.1) is 6.92 Å². The molecule has 1 saturated carbocycles. The van der Waals surface area contributed by atoms with E-state index < -0.39 is 15.8 Å². The molecule has 1 aromatic carbocycles. The van der Waals surface area contributed by atoms with E-state index in [0.717, 1.165) is 42.2 Å². The standard InChI is InChI=1S/C22H27NO6S/c1-15-6-7-19-16(12-28-20(19)10-15)11-22(25)29-13-21(24)23(17-4-2-3-5-17)18-8-9-30(26,27)14-18/h6-7,10,12,17-18H,2-5,8-9,11,13-14H2,1H3. The predicted molar refractivity (Wildman–Crippen MR) is 112 cm³/mol. The van der Waals surface area contributed by atoms with Crippen molar-refractivity contribution in [1.82, 2.24) is 4.90 Å². The van der Waals surface area contributed by atoms with Gasteiger partial charge < -0.3 is 14.1 Å². The zero-order valence-electron chi connectivity index (χ0n) is 17.1. The molecule has 8 heteroatoms. The van der Waals surface area contributed by atoms with E-state index in [1.807, 2.05) is 25.1 Å². The number of ether oxygens (including phenoxy) is 1. The van der Waals surface area contributed by atoms with Crippen LogP contribution in [0.4, 0.5) is 0 Å². The number of furan rings is 1. The van der Waals surface area contributed by atoms with Gasteiger partial charge >= 0.3 is 5.97 Å². The van der Waals surface area contributed by atoms with Crippen LogP contribution in [0.2, 0.25) is 0 Å². The molecule has 2 aromatic rings. The van der Waals surface area contributed by atoms with Crippen LogP contribution in [-0.2, 0) is 30.6 Å². The molecule has 0 N–H and O–H groups in total. The van der Waals surface area contributed by atoms with Gasteiger partial charge in [0.2, 0.25) is 0 Å². The van der Waals surface area contributed by atoms with Crippen molar-refractivity contribution in [2.24, 2.45) is 0 Å². The summed E-state index contributed by atoms with van der Waals surface area (Å²) in [5.41, 5.74) is 2.50. The molecule has 162 valence electrons. The average Bonchev–Trinajstić information content (AvgIpc) is 3.42. The second-order valence-corrected chi connectivity index (χ2v) is 10.6. The van der Waals surface area contributed by atoms with E-state index in [4.69, 9.17) is 9.15 Å². The number of carbonyl (C=O) groups is 2. The third kappa shape index (κ3) is 4.53. The summed E-state index contributed by atoms with van der Waals surface area (Å²) in [6.45, 7) is 1.61. The average molecular weight is 434 g/mol. The highest BCUT2D eigenvalue weighted by atomic mass is 32.2. The Morgan fingerprint density at radius 1 is 1.17 bits per heavy atom. The second-order valence-electron chi connectivity index (χ2n) is 8.39. The van der Waals surface area contributed by atoms with Gasteiger partial charge in [-0.2, -0.15) is 0 Å². The van der Waals surface area contributed by atoms with Crippen LogP contribution < -0.4 is 0 Å². The maximum atomic E-state index is 12.9. The fourth-order valence-electron chi connectivity index (χ4n) is 4.63. The topological polar surface area (TPSA) is 93.9 Å². The molecule has 1 aliphatic heterocycles. The summed E-state index contributed by atoms with van der Waals surface area (Å²) >= 11 is 0. The van der Waals surface area contributed by atoms with Crippen LogP contribution >= 0.6 is 0 Å². The fraction of sp³-hybridized carbons (Fsp3) is 0.545. The van der Waals surface area contributed by atoms with Crippen LogP contribution in [0.5, 0.6) is 0 Å². The maximum Gasteiger partial charge on any atom is 0.310 e. The van der Waals surface area contributed by atoms with Crippen molar-refractivity contribution in [3.8, 4) is 0 Å². The van der Waals surface area contributed by atoms with Gasteiger partial charge in [0.05, 0.1) is 24.2 Å². The molecule has 1 aromatic heterocycles. The van der Waals surface area contributed by atoms with Gasteiger partial charge in [0.25, 0.3) is 5.91 Å². The minimum absolute atomic E-state index is 0.00358. The molecule has 4 rings (SSSR count). The molecule has 1 amide bonds. The first-order valence-electron chi connectivity index (χ1n) is 10.5.